The quantitative estimate of drug-likeness (QED) is 0.651. The summed E-state index contributed by atoms with van der Waals surface area (Å²) in [6.45, 7) is 0.607. The third-order valence-electron chi connectivity index (χ3n) is 3.60. The van der Waals surface area contributed by atoms with Crippen molar-refractivity contribution in [1.82, 2.24) is 15.5 Å². The van der Waals surface area contributed by atoms with E-state index < -0.39 is 11.6 Å². The molecule has 1 atom stereocenters. The van der Waals surface area contributed by atoms with E-state index >= 15 is 0 Å². The van der Waals surface area contributed by atoms with Crippen LogP contribution >= 0.6 is 0 Å². The predicted octanol–water partition coefficient (Wildman–Crippen LogP) is 0.502. The number of benzene rings is 1. The Kier molecular flexibility index (Phi) is 2.81. The molecule has 3 N–H and O–H groups in total. The van der Waals surface area contributed by atoms with Crippen molar-refractivity contribution in [3.8, 4) is 0 Å². The first-order valence-electron chi connectivity index (χ1n) is 6.34. The molecule has 20 heavy (non-hydrogen) atoms. The largest absolute Gasteiger partial charge is 0.322 e. The number of urea groups is 2. The molecule has 1 unspecified atom stereocenters. The molecule has 0 aromatic heterocycles. The molecule has 0 saturated carbocycles. The normalized spacial score (nSPS) is 24.7. The molecule has 1 aromatic carbocycles. The average Bonchev–Trinajstić information content (AvgIpc) is 2.96. The zero-order chi connectivity index (χ0) is 14.2. The molecule has 0 aliphatic carbocycles. The number of hydrogen-bond acceptors (Lipinski definition) is 3. The van der Waals surface area contributed by atoms with Crippen molar-refractivity contribution in [2.45, 2.75) is 12.0 Å². The zero-order valence-electron chi connectivity index (χ0n) is 10.7. The number of anilines is 1. The van der Waals surface area contributed by atoms with Crippen molar-refractivity contribution < 1.29 is 14.4 Å². The van der Waals surface area contributed by atoms with Gasteiger partial charge in [-0.05, 0) is 18.6 Å². The summed E-state index contributed by atoms with van der Waals surface area (Å²) in [4.78, 5) is 36.6. The molecule has 0 bridgehead atoms. The van der Waals surface area contributed by atoms with Crippen LogP contribution in [0.25, 0.3) is 0 Å². The number of hydrogen-bond donors (Lipinski definition) is 3. The lowest BCUT2D eigenvalue weighted by molar-refractivity contribution is -0.123. The summed E-state index contributed by atoms with van der Waals surface area (Å²) in [6, 6.07) is 8.31. The summed E-state index contributed by atoms with van der Waals surface area (Å²) in [5.74, 6) is -0.363. The van der Waals surface area contributed by atoms with Crippen LogP contribution in [0.2, 0.25) is 0 Å². The number of nitrogens with one attached hydrogen (secondary N) is 3. The highest BCUT2D eigenvalue weighted by atomic mass is 16.2. The summed E-state index contributed by atoms with van der Waals surface area (Å²) >= 11 is 0. The molecule has 7 heteroatoms. The lowest BCUT2D eigenvalue weighted by atomic mass is 10.00. The molecule has 3 rings (SSSR count). The van der Waals surface area contributed by atoms with Crippen LogP contribution in [0.5, 0.6) is 0 Å². The molecule has 2 fully saturated rings. The number of likely N-dealkylation sites (tertiary alicyclic amines) is 1. The lowest BCUT2D eigenvalue weighted by Crippen LogP contribution is -2.50. The van der Waals surface area contributed by atoms with Crippen molar-refractivity contribution in [2.24, 2.45) is 0 Å². The summed E-state index contributed by atoms with van der Waals surface area (Å²) in [7, 11) is 0. The number of amides is 5. The van der Waals surface area contributed by atoms with Crippen LogP contribution in [0.4, 0.5) is 15.3 Å². The Bertz CT molecular complexity index is 574. The molecule has 2 aliphatic heterocycles. The summed E-state index contributed by atoms with van der Waals surface area (Å²) in [5, 5.41) is 7.58. The van der Waals surface area contributed by atoms with E-state index in [1.807, 2.05) is 18.2 Å². The van der Waals surface area contributed by atoms with Gasteiger partial charge in [0.05, 0.1) is 6.54 Å². The third kappa shape index (κ3) is 2.07. The number of para-hydroxylation sites is 1. The van der Waals surface area contributed by atoms with E-state index in [4.69, 9.17) is 0 Å². The van der Waals surface area contributed by atoms with Gasteiger partial charge in [0.1, 0.15) is 5.54 Å². The summed E-state index contributed by atoms with van der Waals surface area (Å²) in [5.41, 5.74) is -0.274. The van der Waals surface area contributed by atoms with Crippen LogP contribution in [0.1, 0.15) is 6.42 Å². The fourth-order valence-electron chi connectivity index (χ4n) is 2.52. The van der Waals surface area contributed by atoms with Crippen molar-refractivity contribution in [1.29, 1.82) is 0 Å². The second-order valence-electron chi connectivity index (χ2n) is 4.96. The Morgan fingerprint density at radius 1 is 1.25 bits per heavy atom. The molecule has 2 aliphatic rings. The second-order valence-corrected chi connectivity index (χ2v) is 4.96. The standard InChI is InChI=1S/C13H14N4O3/c18-10-13(16-11(19)15-10)6-7-17(8-13)12(20)14-9-4-2-1-3-5-9/h1-5H,6-8H2,(H,14,20)(H2,15,16,18,19). The van der Waals surface area contributed by atoms with Crippen molar-refractivity contribution >= 4 is 23.7 Å². The molecular formula is C13H14N4O3. The molecule has 2 heterocycles. The van der Waals surface area contributed by atoms with Gasteiger partial charge in [-0.2, -0.15) is 0 Å². The monoisotopic (exact) mass is 274 g/mol. The highest BCUT2D eigenvalue weighted by Crippen LogP contribution is 2.25. The van der Waals surface area contributed by atoms with Gasteiger partial charge in [0, 0.05) is 12.2 Å². The van der Waals surface area contributed by atoms with Crippen LogP contribution < -0.4 is 16.0 Å². The van der Waals surface area contributed by atoms with Gasteiger partial charge in [0.2, 0.25) is 0 Å². The fourth-order valence-corrected chi connectivity index (χ4v) is 2.52. The van der Waals surface area contributed by atoms with Crippen LogP contribution in [0, 0.1) is 0 Å². The molecule has 104 valence electrons. The minimum atomic E-state index is -0.967. The SMILES string of the molecule is O=C1NC(=O)C2(CCN(C(=O)Nc3ccccc3)C2)N1. The Morgan fingerprint density at radius 2 is 2.00 bits per heavy atom. The second kappa shape index (κ2) is 4.52. The number of rotatable bonds is 1. The van der Waals surface area contributed by atoms with E-state index in [9.17, 15) is 14.4 Å². The van der Waals surface area contributed by atoms with Gasteiger partial charge >= 0.3 is 12.1 Å². The van der Waals surface area contributed by atoms with E-state index in [1.165, 1.54) is 4.90 Å². The Labute approximate surface area is 115 Å². The van der Waals surface area contributed by atoms with Gasteiger partial charge < -0.3 is 15.5 Å². The van der Waals surface area contributed by atoms with Gasteiger partial charge in [0.25, 0.3) is 5.91 Å². The van der Waals surface area contributed by atoms with E-state index in [0.29, 0.717) is 18.7 Å². The van der Waals surface area contributed by atoms with Crippen molar-refractivity contribution in [2.75, 3.05) is 18.4 Å². The number of carbonyl (C=O) groups is 3. The average molecular weight is 274 g/mol. The molecule has 5 amide bonds. The molecule has 2 saturated heterocycles. The minimum absolute atomic E-state index is 0.184. The highest BCUT2D eigenvalue weighted by Gasteiger charge is 2.51. The molecule has 7 nitrogen and oxygen atoms in total. The summed E-state index contributed by atoms with van der Waals surface area (Å²) in [6.07, 6.45) is 0.423. The smallest absolute Gasteiger partial charge is 0.322 e. The molecule has 1 spiro atoms. The van der Waals surface area contributed by atoms with Crippen molar-refractivity contribution in [3.63, 3.8) is 0 Å². The van der Waals surface area contributed by atoms with E-state index in [-0.39, 0.29) is 18.5 Å². The number of imide groups is 1. The number of nitrogens with zero attached hydrogens (tertiary/aromatic N) is 1. The van der Waals surface area contributed by atoms with Gasteiger partial charge in [-0.15, -0.1) is 0 Å². The minimum Gasteiger partial charge on any atom is -0.322 e. The Balaban J connectivity index is 1.67. The topological polar surface area (TPSA) is 90.5 Å². The van der Waals surface area contributed by atoms with Gasteiger partial charge in [0.15, 0.2) is 0 Å². The molecule has 1 aromatic rings. The molecular weight excluding hydrogens is 260 g/mol. The molecule has 0 radical (unpaired) electrons. The Hall–Kier alpha value is -2.57. The van der Waals surface area contributed by atoms with Gasteiger partial charge in [-0.1, -0.05) is 18.2 Å². The maximum atomic E-state index is 12.1. The third-order valence-corrected chi connectivity index (χ3v) is 3.60. The van der Waals surface area contributed by atoms with Crippen LogP contribution in [-0.4, -0.2) is 41.5 Å². The Morgan fingerprint density at radius 3 is 2.65 bits per heavy atom. The van der Waals surface area contributed by atoms with E-state index in [1.54, 1.807) is 12.1 Å². The van der Waals surface area contributed by atoms with Gasteiger partial charge in [-0.3, -0.25) is 10.1 Å². The van der Waals surface area contributed by atoms with E-state index in [0.717, 1.165) is 0 Å². The number of carbonyl (C=O) groups excluding carboxylic acids is 3. The zero-order valence-corrected chi connectivity index (χ0v) is 10.7. The van der Waals surface area contributed by atoms with E-state index in [2.05, 4.69) is 16.0 Å². The van der Waals surface area contributed by atoms with Crippen LogP contribution in [0.3, 0.4) is 0 Å². The first-order chi connectivity index (χ1) is 9.59. The maximum Gasteiger partial charge on any atom is 0.322 e. The first-order valence-corrected chi connectivity index (χ1v) is 6.34. The van der Waals surface area contributed by atoms with Gasteiger partial charge in [-0.25, -0.2) is 9.59 Å². The summed E-state index contributed by atoms with van der Waals surface area (Å²) < 4.78 is 0. The maximum absolute atomic E-state index is 12.1. The predicted molar refractivity (Wildman–Crippen MR) is 71.1 cm³/mol. The fraction of sp³-hybridized carbons (Fsp3) is 0.308. The van der Waals surface area contributed by atoms with Crippen LogP contribution in [0.15, 0.2) is 30.3 Å². The van der Waals surface area contributed by atoms with Crippen LogP contribution in [-0.2, 0) is 4.79 Å². The van der Waals surface area contributed by atoms with Crippen molar-refractivity contribution in [3.05, 3.63) is 30.3 Å². The first kappa shape index (κ1) is 12.5. The highest BCUT2D eigenvalue weighted by molar-refractivity contribution is 6.07. The lowest BCUT2D eigenvalue weighted by Gasteiger charge is -2.21.